The maximum atomic E-state index is 12.6. The summed E-state index contributed by atoms with van der Waals surface area (Å²) in [5, 5.41) is 3.84. The fourth-order valence-electron chi connectivity index (χ4n) is 2.40. The first-order valence-corrected chi connectivity index (χ1v) is 6.99. The smallest absolute Gasteiger partial charge is 0.257 e. The molecule has 0 fully saturated rings. The summed E-state index contributed by atoms with van der Waals surface area (Å²) in [5.74, 6) is 0.431. The number of hydrogen-bond acceptors (Lipinski definition) is 3. The number of aromatic nitrogens is 1. The molecule has 4 nitrogen and oxygen atoms in total. The average molecular weight is 292 g/mol. The largest absolute Gasteiger partial charge is 0.495 e. The third-order valence-electron chi connectivity index (χ3n) is 3.48. The molecule has 0 spiro atoms. The minimum atomic E-state index is -0.201. The molecule has 0 aliphatic heterocycles. The molecule has 3 aromatic rings. The lowest BCUT2D eigenvalue weighted by atomic mass is 10.1. The Hall–Kier alpha value is -2.88. The van der Waals surface area contributed by atoms with Gasteiger partial charge < -0.3 is 10.1 Å². The van der Waals surface area contributed by atoms with E-state index >= 15 is 0 Å². The molecule has 0 saturated carbocycles. The van der Waals surface area contributed by atoms with Gasteiger partial charge in [-0.15, -0.1) is 0 Å². The fourth-order valence-corrected chi connectivity index (χ4v) is 2.40. The number of amides is 1. The van der Waals surface area contributed by atoms with Crippen molar-refractivity contribution in [1.29, 1.82) is 0 Å². The summed E-state index contributed by atoms with van der Waals surface area (Å²) >= 11 is 0. The molecule has 1 amide bonds. The van der Waals surface area contributed by atoms with Crippen molar-refractivity contribution in [1.82, 2.24) is 4.98 Å². The van der Waals surface area contributed by atoms with Gasteiger partial charge in [-0.25, -0.2) is 0 Å². The van der Waals surface area contributed by atoms with Crippen LogP contribution in [0.5, 0.6) is 5.75 Å². The monoisotopic (exact) mass is 292 g/mol. The predicted octanol–water partition coefficient (Wildman–Crippen LogP) is 3.80. The molecule has 110 valence electrons. The highest BCUT2D eigenvalue weighted by atomic mass is 16.5. The van der Waals surface area contributed by atoms with Crippen molar-refractivity contribution in [3.8, 4) is 5.75 Å². The van der Waals surface area contributed by atoms with Crippen LogP contribution in [0.4, 0.5) is 5.69 Å². The van der Waals surface area contributed by atoms with E-state index in [0.29, 0.717) is 22.5 Å². The number of anilines is 1. The maximum Gasteiger partial charge on any atom is 0.257 e. The van der Waals surface area contributed by atoms with Crippen molar-refractivity contribution < 1.29 is 9.53 Å². The molecule has 22 heavy (non-hydrogen) atoms. The van der Waals surface area contributed by atoms with Crippen LogP contribution in [0.1, 0.15) is 15.9 Å². The van der Waals surface area contributed by atoms with Crippen molar-refractivity contribution in [2.75, 3.05) is 12.4 Å². The quantitative estimate of drug-likeness (QED) is 0.798. The third kappa shape index (κ3) is 2.63. The minimum absolute atomic E-state index is 0.201. The third-order valence-corrected chi connectivity index (χ3v) is 3.48. The van der Waals surface area contributed by atoms with E-state index < -0.39 is 0 Å². The maximum absolute atomic E-state index is 12.6. The van der Waals surface area contributed by atoms with Gasteiger partial charge >= 0.3 is 0 Å². The molecule has 0 bridgehead atoms. The number of pyridine rings is 1. The van der Waals surface area contributed by atoms with Crippen molar-refractivity contribution >= 4 is 22.5 Å². The Kier molecular flexibility index (Phi) is 3.74. The number of nitrogens with one attached hydrogen (secondary N) is 1. The number of para-hydroxylation sites is 1. The zero-order valence-corrected chi connectivity index (χ0v) is 12.5. The highest BCUT2D eigenvalue weighted by molar-refractivity contribution is 6.12. The molecule has 0 unspecified atom stereocenters. The van der Waals surface area contributed by atoms with E-state index in [0.717, 1.165) is 10.9 Å². The lowest BCUT2D eigenvalue weighted by molar-refractivity contribution is 0.102. The molecule has 0 saturated heterocycles. The average Bonchev–Trinajstić information content (AvgIpc) is 2.54. The summed E-state index contributed by atoms with van der Waals surface area (Å²) in [5.41, 5.74) is 2.93. The van der Waals surface area contributed by atoms with Crippen LogP contribution < -0.4 is 10.1 Å². The minimum Gasteiger partial charge on any atom is -0.495 e. The molecular formula is C18H16N2O2. The zero-order valence-electron chi connectivity index (χ0n) is 12.5. The van der Waals surface area contributed by atoms with E-state index in [4.69, 9.17) is 4.74 Å². The first-order chi connectivity index (χ1) is 10.7. The summed E-state index contributed by atoms with van der Waals surface area (Å²) in [4.78, 5) is 16.9. The number of hydrogen-bond donors (Lipinski definition) is 1. The standard InChI is InChI=1S/C18H16N2O2/c1-12-8-9-16(22-2)15(11-12)20-18(21)14-7-3-5-13-6-4-10-19-17(13)14/h3-11H,1-2H3,(H,20,21). The van der Waals surface area contributed by atoms with Crippen molar-refractivity contribution in [3.05, 3.63) is 65.9 Å². The van der Waals surface area contributed by atoms with E-state index in [-0.39, 0.29) is 5.91 Å². The van der Waals surface area contributed by atoms with Crippen LogP contribution in [0, 0.1) is 6.92 Å². The molecule has 1 heterocycles. The zero-order chi connectivity index (χ0) is 15.5. The van der Waals surface area contributed by atoms with E-state index in [1.165, 1.54) is 0 Å². The van der Waals surface area contributed by atoms with Gasteiger partial charge in [0.1, 0.15) is 5.75 Å². The molecule has 0 radical (unpaired) electrons. The van der Waals surface area contributed by atoms with E-state index in [2.05, 4.69) is 10.3 Å². The molecule has 0 atom stereocenters. The van der Waals surface area contributed by atoms with Gasteiger partial charge in [-0.05, 0) is 36.8 Å². The van der Waals surface area contributed by atoms with Crippen LogP contribution in [0.3, 0.4) is 0 Å². The lowest BCUT2D eigenvalue weighted by Gasteiger charge is -2.12. The van der Waals surface area contributed by atoms with Crippen LogP contribution in [-0.4, -0.2) is 18.0 Å². The van der Waals surface area contributed by atoms with Gasteiger partial charge in [0.25, 0.3) is 5.91 Å². The predicted molar refractivity (Wildman–Crippen MR) is 87.4 cm³/mol. The molecule has 3 rings (SSSR count). The number of methoxy groups -OCH3 is 1. The highest BCUT2D eigenvalue weighted by Gasteiger charge is 2.13. The summed E-state index contributed by atoms with van der Waals surface area (Å²) in [6, 6.07) is 15.0. The van der Waals surface area contributed by atoms with Crippen LogP contribution in [0.2, 0.25) is 0 Å². The van der Waals surface area contributed by atoms with Gasteiger partial charge in [-0.1, -0.05) is 24.3 Å². The number of benzene rings is 2. The van der Waals surface area contributed by atoms with Crippen LogP contribution in [-0.2, 0) is 0 Å². The summed E-state index contributed by atoms with van der Waals surface area (Å²) in [6.45, 7) is 1.97. The molecule has 0 aliphatic carbocycles. The van der Waals surface area contributed by atoms with E-state index in [9.17, 15) is 4.79 Å². The Balaban J connectivity index is 1.99. The van der Waals surface area contributed by atoms with E-state index in [1.54, 1.807) is 19.4 Å². The van der Waals surface area contributed by atoms with Gasteiger partial charge in [0.05, 0.1) is 23.9 Å². The second-order valence-electron chi connectivity index (χ2n) is 5.04. The Morgan fingerprint density at radius 1 is 1.14 bits per heavy atom. The molecule has 4 heteroatoms. The Morgan fingerprint density at radius 2 is 1.95 bits per heavy atom. The number of aryl methyl sites for hydroxylation is 1. The normalized spacial score (nSPS) is 10.5. The topological polar surface area (TPSA) is 51.2 Å². The SMILES string of the molecule is COc1ccc(C)cc1NC(=O)c1cccc2cccnc12. The molecule has 0 aliphatic rings. The second kappa shape index (κ2) is 5.85. The Labute approximate surface area is 128 Å². The lowest BCUT2D eigenvalue weighted by Crippen LogP contribution is -2.13. The number of fused-ring (bicyclic) bond motifs is 1. The second-order valence-corrected chi connectivity index (χ2v) is 5.04. The number of rotatable bonds is 3. The number of carbonyl (C=O) groups is 1. The van der Waals surface area contributed by atoms with E-state index in [1.807, 2.05) is 49.4 Å². The van der Waals surface area contributed by atoms with Crippen molar-refractivity contribution in [2.45, 2.75) is 6.92 Å². The van der Waals surface area contributed by atoms with Crippen LogP contribution in [0.25, 0.3) is 10.9 Å². The summed E-state index contributed by atoms with van der Waals surface area (Å²) in [6.07, 6.45) is 1.69. The fraction of sp³-hybridized carbons (Fsp3) is 0.111. The van der Waals surface area contributed by atoms with Crippen LogP contribution in [0.15, 0.2) is 54.7 Å². The van der Waals surface area contributed by atoms with Crippen LogP contribution >= 0.6 is 0 Å². The number of nitrogens with zero attached hydrogens (tertiary/aromatic N) is 1. The number of carbonyl (C=O) groups excluding carboxylic acids is 1. The van der Waals surface area contributed by atoms with Crippen molar-refractivity contribution in [3.63, 3.8) is 0 Å². The summed E-state index contributed by atoms with van der Waals surface area (Å²) in [7, 11) is 1.58. The molecule has 1 N–H and O–H groups in total. The van der Waals surface area contributed by atoms with Gasteiger partial charge in [0.2, 0.25) is 0 Å². The molecule has 2 aromatic carbocycles. The Bertz CT molecular complexity index is 838. The molecule has 1 aromatic heterocycles. The first kappa shape index (κ1) is 14.1. The molecular weight excluding hydrogens is 276 g/mol. The highest BCUT2D eigenvalue weighted by Crippen LogP contribution is 2.26. The van der Waals surface area contributed by atoms with Gasteiger partial charge in [-0.2, -0.15) is 0 Å². The van der Waals surface area contributed by atoms with Gasteiger partial charge in [-0.3, -0.25) is 9.78 Å². The first-order valence-electron chi connectivity index (χ1n) is 6.99. The Morgan fingerprint density at radius 3 is 2.77 bits per heavy atom. The van der Waals surface area contributed by atoms with Crippen molar-refractivity contribution in [2.24, 2.45) is 0 Å². The van der Waals surface area contributed by atoms with Gasteiger partial charge in [0, 0.05) is 11.6 Å². The number of ether oxygens (including phenoxy) is 1. The summed E-state index contributed by atoms with van der Waals surface area (Å²) < 4.78 is 5.29. The van der Waals surface area contributed by atoms with Gasteiger partial charge in [0.15, 0.2) is 0 Å².